The molecule has 1 amide bonds. The van der Waals surface area contributed by atoms with E-state index in [9.17, 15) is 39.3 Å². The van der Waals surface area contributed by atoms with E-state index in [4.69, 9.17) is 4.74 Å². The standard InChI is InChI=1S/C34H43NO9/c1-32-14-12-22(36)17-21(32)8-9-23-24-13-15-34(43,33(24,2)18-26(37)30(23)32)27(38)19-44-29(40)11-10-28(39)35-25(31(41)42)16-20-6-4-3-5-7-20/h3-7,17,23-26,30,37,43H,8-16,18-19H2,1-2H3,(H,35,39)(H,41,42)/t23-,24-,25+,26+,30+,32+,33+,34+/m1/s1. The summed E-state index contributed by atoms with van der Waals surface area (Å²) in [5.74, 6) is -3.07. The zero-order valence-corrected chi connectivity index (χ0v) is 25.4. The van der Waals surface area contributed by atoms with E-state index >= 15 is 0 Å². The number of benzene rings is 1. The van der Waals surface area contributed by atoms with Gasteiger partial charge in [0.05, 0.1) is 12.5 Å². The van der Waals surface area contributed by atoms with Crippen molar-refractivity contribution in [3.63, 3.8) is 0 Å². The van der Waals surface area contributed by atoms with Crippen molar-refractivity contribution in [2.75, 3.05) is 6.61 Å². The topological polar surface area (TPSA) is 167 Å². The number of carbonyl (C=O) groups is 5. The highest BCUT2D eigenvalue weighted by Crippen LogP contribution is 2.67. The molecule has 0 spiro atoms. The van der Waals surface area contributed by atoms with Crippen LogP contribution in [0, 0.1) is 28.6 Å². The number of hydrogen-bond acceptors (Lipinski definition) is 8. The predicted molar refractivity (Wildman–Crippen MR) is 158 cm³/mol. The fraction of sp³-hybridized carbons (Fsp3) is 0.618. The molecule has 1 aromatic rings. The van der Waals surface area contributed by atoms with E-state index in [1.807, 2.05) is 6.92 Å². The summed E-state index contributed by atoms with van der Waals surface area (Å²) in [5.41, 5.74) is -1.10. The molecule has 10 heteroatoms. The molecular weight excluding hydrogens is 566 g/mol. The maximum atomic E-state index is 13.5. The fourth-order valence-corrected chi connectivity index (χ4v) is 9.02. The van der Waals surface area contributed by atoms with Crippen LogP contribution in [0.15, 0.2) is 42.0 Å². The lowest BCUT2D eigenvalue weighted by molar-refractivity contribution is -0.184. The number of ether oxygens (including phenoxy) is 1. The molecule has 3 saturated carbocycles. The summed E-state index contributed by atoms with van der Waals surface area (Å²) in [4.78, 5) is 62.1. The third-order valence-corrected chi connectivity index (χ3v) is 11.3. The number of fused-ring (bicyclic) bond motifs is 5. The van der Waals surface area contributed by atoms with Crippen molar-refractivity contribution >= 4 is 29.4 Å². The van der Waals surface area contributed by atoms with Gasteiger partial charge in [-0.2, -0.15) is 0 Å². The first-order valence-electron chi connectivity index (χ1n) is 15.7. The zero-order valence-electron chi connectivity index (χ0n) is 25.4. The van der Waals surface area contributed by atoms with Gasteiger partial charge in [0.25, 0.3) is 0 Å². The quantitative estimate of drug-likeness (QED) is 0.292. The first-order valence-corrected chi connectivity index (χ1v) is 15.7. The Labute approximate surface area is 257 Å². The van der Waals surface area contributed by atoms with Crippen molar-refractivity contribution in [1.82, 2.24) is 5.32 Å². The highest BCUT2D eigenvalue weighted by molar-refractivity contribution is 5.92. The third-order valence-electron chi connectivity index (χ3n) is 11.3. The van der Waals surface area contributed by atoms with Gasteiger partial charge in [-0.1, -0.05) is 49.8 Å². The molecule has 238 valence electrons. The minimum atomic E-state index is -1.77. The van der Waals surface area contributed by atoms with Crippen molar-refractivity contribution in [3.8, 4) is 0 Å². The Hall–Kier alpha value is -3.37. The van der Waals surface area contributed by atoms with Gasteiger partial charge in [0.15, 0.2) is 12.4 Å². The summed E-state index contributed by atoms with van der Waals surface area (Å²) >= 11 is 0. The van der Waals surface area contributed by atoms with E-state index in [0.29, 0.717) is 19.3 Å². The number of carboxylic acids is 1. The number of rotatable bonds is 10. The number of Topliss-reactive ketones (excluding diaryl/α,β-unsaturated/α-hetero) is 1. The van der Waals surface area contributed by atoms with Crippen molar-refractivity contribution in [2.24, 2.45) is 28.6 Å². The third kappa shape index (κ3) is 5.74. The van der Waals surface area contributed by atoms with E-state index in [0.717, 1.165) is 24.0 Å². The summed E-state index contributed by atoms with van der Waals surface area (Å²) in [7, 11) is 0. The summed E-state index contributed by atoms with van der Waals surface area (Å²) in [6.07, 6.45) is 4.20. The Morgan fingerprint density at radius 1 is 1.05 bits per heavy atom. The molecule has 0 unspecified atom stereocenters. The molecule has 4 aliphatic rings. The number of hydrogen-bond donors (Lipinski definition) is 4. The van der Waals surface area contributed by atoms with E-state index in [1.165, 1.54) is 0 Å². The molecule has 4 aliphatic carbocycles. The van der Waals surface area contributed by atoms with Crippen LogP contribution < -0.4 is 5.32 Å². The molecule has 0 saturated heterocycles. The molecule has 0 radical (unpaired) electrons. The second kappa shape index (κ2) is 12.2. The van der Waals surface area contributed by atoms with Crippen LogP contribution in [0.25, 0.3) is 0 Å². The van der Waals surface area contributed by atoms with Crippen LogP contribution in [-0.4, -0.2) is 69.1 Å². The molecule has 10 nitrogen and oxygen atoms in total. The number of aliphatic hydroxyl groups is 2. The van der Waals surface area contributed by atoms with Crippen LogP contribution in [0.4, 0.5) is 0 Å². The first-order chi connectivity index (χ1) is 20.8. The highest BCUT2D eigenvalue weighted by Gasteiger charge is 2.68. The SMILES string of the molecule is C[C@]12CCC(=O)C=C1CC[C@H]1[C@H]2[C@@H](O)C[C@@]2(C)[C@@H]1CC[C@]2(O)C(=O)COC(=O)CCC(=O)N[C@@H](Cc1ccccc1)C(=O)O. The molecule has 1 aromatic carbocycles. The number of amides is 1. The molecule has 44 heavy (non-hydrogen) atoms. The fourth-order valence-electron chi connectivity index (χ4n) is 9.02. The summed E-state index contributed by atoms with van der Waals surface area (Å²) in [6.45, 7) is 3.35. The maximum absolute atomic E-state index is 13.5. The highest BCUT2D eigenvalue weighted by atomic mass is 16.5. The van der Waals surface area contributed by atoms with Gasteiger partial charge in [-0.25, -0.2) is 4.79 Å². The second-order valence-electron chi connectivity index (χ2n) is 13.7. The molecule has 8 atom stereocenters. The van der Waals surface area contributed by atoms with Gasteiger partial charge in [0.2, 0.25) is 11.7 Å². The Morgan fingerprint density at radius 3 is 2.48 bits per heavy atom. The lowest BCUT2D eigenvalue weighted by Crippen LogP contribution is -2.62. The normalized spacial score (nSPS) is 34.9. The predicted octanol–water partition coefficient (Wildman–Crippen LogP) is 2.92. The van der Waals surface area contributed by atoms with Crippen molar-refractivity contribution in [1.29, 1.82) is 0 Å². The van der Waals surface area contributed by atoms with Crippen LogP contribution in [0.1, 0.15) is 77.2 Å². The Morgan fingerprint density at radius 2 is 1.77 bits per heavy atom. The lowest BCUT2D eigenvalue weighted by atomic mass is 9.45. The summed E-state index contributed by atoms with van der Waals surface area (Å²) in [6, 6.07) is 7.70. The number of carbonyl (C=O) groups excluding carboxylic acids is 4. The number of esters is 1. The van der Waals surface area contributed by atoms with Gasteiger partial charge in [-0.3, -0.25) is 19.2 Å². The lowest BCUT2D eigenvalue weighted by Gasteiger charge is -2.60. The van der Waals surface area contributed by atoms with Crippen LogP contribution in [-0.2, 0) is 35.1 Å². The molecule has 3 fully saturated rings. The Balaban J connectivity index is 1.16. The van der Waals surface area contributed by atoms with Crippen LogP contribution in [0.2, 0.25) is 0 Å². The van der Waals surface area contributed by atoms with E-state index < -0.39 is 53.4 Å². The van der Waals surface area contributed by atoms with Crippen molar-refractivity contribution in [2.45, 2.75) is 95.8 Å². The molecular formula is C34H43NO9. The van der Waals surface area contributed by atoms with E-state index in [-0.39, 0.29) is 61.1 Å². The van der Waals surface area contributed by atoms with Crippen LogP contribution >= 0.6 is 0 Å². The number of allylic oxidation sites excluding steroid dienone is 1. The second-order valence-corrected chi connectivity index (χ2v) is 13.7. The molecule has 0 bridgehead atoms. The number of carboxylic acid groups (broad SMARTS) is 1. The first kappa shape index (κ1) is 32.0. The largest absolute Gasteiger partial charge is 0.480 e. The van der Waals surface area contributed by atoms with E-state index in [2.05, 4.69) is 12.2 Å². The number of aliphatic carboxylic acids is 1. The maximum Gasteiger partial charge on any atom is 0.326 e. The average Bonchev–Trinajstić information content (AvgIpc) is 3.25. The zero-order chi connectivity index (χ0) is 31.9. The van der Waals surface area contributed by atoms with Crippen LogP contribution in [0.5, 0.6) is 0 Å². The minimum absolute atomic E-state index is 0.00156. The van der Waals surface area contributed by atoms with Gasteiger partial charge in [0, 0.05) is 24.7 Å². The Kier molecular flexibility index (Phi) is 8.88. The number of aliphatic hydroxyl groups excluding tert-OH is 1. The molecule has 0 aromatic heterocycles. The van der Waals surface area contributed by atoms with Gasteiger partial charge < -0.3 is 25.4 Å². The monoisotopic (exact) mass is 609 g/mol. The van der Waals surface area contributed by atoms with Crippen molar-refractivity contribution in [3.05, 3.63) is 47.5 Å². The summed E-state index contributed by atoms with van der Waals surface area (Å²) < 4.78 is 5.19. The number of nitrogens with one attached hydrogen (secondary N) is 1. The average molecular weight is 610 g/mol. The number of ketones is 2. The molecule has 5 rings (SSSR count). The van der Waals surface area contributed by atoms with Crippen molar-refractivity contribution < 1.29 is 44.0 Å². The minimum Gasteiger partial charge on any atom is -0.480 e. The van der Waals surface area contributed by atoms with Gasteiger partial charge in [-0.05, 0) is 73.3 Å². The van der Waals surface area contributed by atoms with E-state index in [1.54, 1.807) is 36.4 Å². The molecule has 4 N–H and O–H groups in total. The van der Waals surface area contributed by atoms with Gasteiger partial charge >= 0.3 is 11.9 Å². The van der Waals surface area contributed by atoms with Gasteiger partial charge in [0.1, 0.15) is 11.6 Å². The van der Waals surface area contributed by atoms with Gasteiger partial charge in [-0.15, -0.1) is 0 Å². The smallest absolute Gasteiger partial charge is 0.326 e. The summed E-state index contributed by atoms with van der Waals surface area (Å²) in [5, 5.41) is 35.3. The van der Waals surface area contributed by atoms with Crippen LogP contribution in [0.3, 0.4) is 0 Å². The molecule has 0 heterocycles. The molecule has 0 aliphatic heterocycles. The Bertz CT molecular complexity index is 1360.